The second-order valence-electron chi connectivity index (χ2n) is 8.68. The fourth-order valence-corrected chi connectivity index (χ4v) is 4.34. The van der Waals surface area contributed by atoms with Gasteiger partial charge in [-0.2, -0.15) is 0 Å². The van der Waals surface area contributed by atoms with Crippen molar-refractivity contribution in [3.63, 3.8) is 0 Å². The fraction of sp³-hybridized carbons (Fsp3) is 0.375. The summed E-state index contributed by atoms with van der Waals surface area (Å²) in [6.45, 7) is 5.31. The molecule has 0 aliphatic carbocycles. The average molecular weight is 483 g/mol. The number of nitrogens with zero attached hydrogens (tertiary/aromatic N) is 3. The molecule has 1 aromatic carbocycles. The third kappa shape index (κ3) is 4.64. The van der Waals surface area contributed by atoms with Gasteiger partial charge in [-0.3, -0.25) is 5.32 Å². The van der Waals surface area contributed by atoms with Gasteiger partial charge >= 0.3 is 6.09 Å². The molecular formula is C24H27FN6O4. The first-order valence-corrected chi connectivity index (χ1v) is 11.4. The molecule has 5 rings (SSSR count). The molecular weight excluding hydrogens is 455 g/mol. The summed E-state index contributed by atoms with van der Waals surface area (Å²) in [5.74, 6) is 0.197. The molecule has 35 heavy (non-hydrogen) atoms. The van der Waals surface area contributed by atoms with E-state index in [4.69, 9.17) is 19.9 Å². The number of carbonyl (C=O) groups is 1. The molecule has 0 spiro atoms. The Morgan fingerprint density at radius 1 is 1.29 bits per heavy atom. The maximum atomic E-state index is 15.3. The summed E-state index contributed by atoms with van der Waals surface area (Å²) in [7, 11) is 1.94. The molecule has 2 aliphatic rings. The molecule has 10 nitrogen and oxygen atoms in total. The number of carbonyl (C=O) groups excluding carboxylic acids is 1. The second-order valence-corrected chi connectivity index (χ2v) is 8.68. The van der Waals surface area contributed by atoms with E-state index in [-0.39, 0.29) is 11.5 Å². The number of amides is 1. The molecule has 4 heterocycles. The van der Waals surface area contributed by atoms with Crippen molar-refractivity contribution in [2.75, 3.05) is 62.9 Å². The van der Waals surface area contributed by atoms with Gasteiger partial charge in [0.05, 0.1) is 18.9 Å². The Morgan fingerprint density at radius 2 is 2.14 bits per heavy atom. The average Bonchev–Trinajstić information content (AvgIpc) is 3.05. The third-order valence-corrected chi connectivity index (χ3v) is 6.18. The lowest BCUT2D eigenvalue weighted by molar-refractivity contribution is 0.0413. The number of halogens is 1. The van der Waals surface area contributed by atoms with Gasteiger partial charge in [-0.25, -0.2) is 19.2 Å². The van der Waals surface area contributed by atoms with Crippen molar-refractivity contribution in [1.82, 2.24) is 14.9 Å². The fourth-order valence-electron chi connectivity index (χ4n) is 4.34. The monoisotopic (exact) mass is 482 g/mol. The predicted octanol–water partition coefficient (Wildman–Crippen LogP) is 3.01. The van der Waals surface area contributed by atoms with Crippen LogP contribution < -0.4 is 21.1 Å². The summed E-state index contributed by atoms with van der Waals surface area (Å²) in [5, 5.41) is 6.95. The minimum atomic E-state index is -0.642. The van der Waals surface area contributed by atoms with Crippen LogP contribution in [-0.2, 0) is 9.47 Å². The summed E-state index contributed by atoms with van der Waals surface area (Å²) in [6, 6.07) is 3.31. The maximum absolute atomic E-state index is 15.3. The van der Waals surface area contributed by atoms with E-state index >= 15 is 4.39 Å². The number of pyridine rings is 2. The van der Waals surface area contributed by atoms with Gasteiger partial charge in [0.15, 0.2) is 5.82 Å². The molecule has 0 unspecified atom stereocenters. The smallest absolute Gasteiger partial charge is 0.413 e. The molecule has 1 saturated heterocycles. The Kier molecular flexibility index (Phi) is 6.27. The number of nitrogens with one attached hydrogen (secondary N) is 2. The minimum absolute atomic E-state index is 0.0286. The van der Waals surface area contributed by atoms with Crippen molar-refractivity contribution in [2.45, 2.75) is 13.0 Å². The van der Waals surface area contributed by atoms with Crippen molar-refractivity contribution >= 4 is 34.1 Å². The van der Waals surface area contributed by atoms with Crippen molar-refractivity contribution < 1.29 is 23.4 Å². The first-order valence-electron chi connectivity index (χ1n) is 11.4. The summed E-state index contributed by atoms with van der Waals surface area (Å²) in [4.78, 5) is 23.1. The van der Waals surface area contributed by atoms with E-state index in [1.807, 2.05) is 18.9 Å². The Balaban J connectivity index is 1.43. The van der Waals surface area contributed by atoms with Gasteiger partial charge in [0.25, 0.3) is 0 Å². The van der Waals surface area contributed by atoms with Crippen LogP contribution in [0, 0.1) is 12.7 Å². The zero-order valence-electron chi connectivity index (χ0n) is 19.6. The van der Waals surface area contributed by atoms with Crippen molar-refractivity contribution in [3.8, 4) is 17.0 Å². The molecule has 2 aliphatic heterocycles. The van der Waals surface area contributed by atoms with Crippen molar-refractivity contribution in [1.29, 1.82) is 0 Å². The normalized spacial score (nSPS) is 18.2. The molecule has 0 radical (unpaired) electrons. The van der Waals surface area contributed by atoms with Crippen LogP contribution in [0.3, 0.4) is 0 Å². The van der Waals surface area contributed by atoms with Crippen molar-refractivity contribution in [2.24, 2.45) is 0 Å². The van der Waals surface area contributed by atoms with Crippen LogP contribution >= 0.6 is 0 Å². The van der Waals surface area contributed by atoms with Crippen LogP contribution in [0.15, 0.2) is 24.5 Å². The van der Waals surface area contributed by atoms with E-state index in [9.17, 15) is 4.79 Å². The highest BCUT2D eigenvalue weighted by Gasteiger charge is 2.22. The van der Waals surface area contributed by atoms with Crippen LogP contribution in [-0.4, -0.2) is 73.6 Å². The summed E-state index contributed by atoms with van der Waals surface area (Å²) < 4.78 is 31.9. The maximum Gasteiger partial charge on any atom is 0.413 e. The van der Waals surface area contributed by atoms with Gasteiger partial charge in [0, 0.05) is 48.5 Å². The van der Waals surface area contributed by atoms with E-state index in [1.54, 1.807) is 18.3 Å². The molecule has 0 saturated carbocycles. The molecule has 4 N–H and O–H groups in total. The van der Waals surface area contributed by atoms with Crippen LogP contribution in [0.2, 0.25) is 0 Å². The van der Waals surface area contributed by atoms with E-state index in [1.165, 1.54) is 6.20 Å². The number of nitrogen functional groups attached to an aromatic ring is 1. The number of likely N-dealkylation sites (N-methyl/N-ethyl adjacent to an activating group) is 1. The van der Waals surface area contributed by atoms with Crippen LogP contribution in [0.4, 0.5) is 26.4 Å². The summed E-state index contributed by atoms with van der Waals surface area (Å²) in [5.41, 5.74) is 8.55. The molecule has 3 aromatic rings. The molecule has 1 fully saturated rings. The standard InChI is InChI=1S/C24H27FN6O4/c1-13-17(9-29-23-22(13)27-3-5-34-23)16-7-14-8-19(28-10-18(14)21(26)20(16)25)30-24(32)35-15-11-31(2)4-6-33-12-15/h7-10,15,27H,3-6,11-12,26H2,1-2H3,(H,28,30,32)/t15-/m0/s1. The van der Waals surface area contributed by atoms with E-state index < -0.39 is 18.0 Å². The Hall–Kier alpha value is -3.70. The highest BCUT2D eigenvalue weighted by Crippen LogP contribution is 2.39. The summed E-state index contributed by atoms with van der Waals surface area (Å²) >= 11 is 0. The molecule has 0 bridgehead atoms. The number of rotatable bonds is 3. The lowest BCUT2D eigenvalue weighted by Crippen LogP contribution is -2.34. The highest BCUT2D eigenvalue weighted by molar-refractivity contribution is 5.99. The highest BCUT2D eigenvalue weighted by atomic mass is 19.1. The number of ether oxygens (including phenoxy) is 3. The van der Waals surface area contributed by atoms with Crippen LogP contribution in [0.25, 0.3) is 21.9 Å². The minimum Gasteiger partial charge on any atom is -0.474 e. The zero-order valence-corrected chi connectivity index (χ0v) is 19.6. The number of anilines is 3. The molecule has 1 atom stereocenters. The Morgan fingerprint density at radius 3 is 3.00 bits per heavy atom. The lowest BCUT2D eigenvalue weighted by atomic mass is 9.97. The third-order valence-electron chi connectivity index (χ3n) is 6.18. The van der Waals surface area contributed by atoms with Crippen molar-refractivity contribution in [3.05, 3.63) is 35.9 Å². The topological polar surface area (TPSA) is 124 Å². The van der Waals surface area contributed by atoms with Gasteiger partial charge in [0.2, 0.25) is 5.88 Å². The van der Waals surface area contributed by atoms with E-state index in [0.29, 0.717) is 60.7 Å². The SMILES string of the molecule is Cc1c(-c2cc3cc(NC(=O)O[C@@H]4COCCN(C)C4)ncc3c(N)c2F)cnc2c1NCCO2. The second kappa shape index (κ2) is 9.51. The molecule has 1 amide bonds. The Bertz CT molecular complexity index is 1290. The molecule has 11 heteroatoms. The van der Waals surface area contributed by atoms with Gasteiger partial charge < -0.3 is 30.2 Å². The number of aromatic nitrogens is 2. The predicted molar refractivity (Wildman–Crippen MR) is 130 cm³/mol. The first kappa shape index (κ1) is 23.1. The zero-order chi connectivity index (χ0) is 24.5. The molecule has 184 valence electrons. The van der Waals surface area contributed by atoms with E-state index in [2.05, 4.69) is 20.6 Å². The number of hydrogen-bond acceptors (Lipinski definition) is 9. The molecule has 2 aromatic heterocycles. The lowest BCUT2D eigenvalue weighted by Gasteiger charge is -2.22. The number of benzene rings is 1. The van der Waals surface area contributed by atoms with Crippen LogP contribution in [0.1, 0.15) is 5.56 Å². The number of fused-ring (bicyclic) bond motifs is 2. The quantitative estimate of drug-likeness (QED) is 0.483. The van der Waals surface area contributed by atoms with Gasteiger partial charge in [-0.1, -0.05) is 0 Å². The first-order chi connectivity index (χ1) is 16.9. The van der Waals surface area contributed by atoms with Gasteiger partial charge in [-0.05, 0) is 37.1 Å². The Labute approximate surface area is 201 Å². The number of hydrogen-bond donors (Lipinski definition) is 3. The van der Waals surface area contributed by atoms with Crippen LogP contribution in [0.5, 0.6) is 5.88 Å². The number of nitrogens with two attached hydrogens (primary N) is 1. The van der Waals surface area contributed by atoms with Gasteiger partial charge in [0.1, 0.15) is 24.2 Å². The summed E-state index contributed by atoms with van der Waals surface area (Å²) in [6.07, 6.45) is 1.98. The largest absolute Gasteiger partial charge is 0.474 e. The van der Waals surface area contributed by atoms with E-state index in [0.717, 1.165) is 17.8 Å². The van der Waals surface area contributed by atoms with Gasteiger partial charge in [-0.15, -0.1) is 0 Å².